The molecular formula is C16H25N5O5. The van der Waals surface area contributed by atoms with Gasteiger partial charge in [-0.1, -0.05) is 13.3 Å². The van der Waals surface area contributed by atoms with Gasteiger partial charge in [-0.25, -0.2) is 9.97 Å². The summed E-state index contributed by atoms with van der Waals surface area (Å²) in [5, 5.41) is 29.7. The van der Waals surface area contributed by atoms with E-state index in [1.165, 1.54) is 16.9 Å². The van der Waals surface area contributed by atoms with Gasteiger partial charge in [0.05, 0.1) is 18.4 Å². The van der Waals surface area contributed by atoms with Crippen molar-refractivity contribution in [1.82, 2.24) is 24.5 Å². The molecule has 26 heavy (non-hydrogen) atoms. The van der Waals surface area contributed by atoms with E-state index in [0.717, 1.165) is 12.8 Å². The molecule has 1 aliphatic heterocycles. The molecule has 1 fully saturated rings. The van der Waals surface area contributed by atoms with Crippen molar-refractivity contribution in [3.8, 4) is 0 Å². The Labute approximate surface area is 150 Å². The van der Waals surface area contributed by atoms with Gasteiger partial charge in [-0.05, 0) is 12.8 Å². The number of aromatic nitrogens is 4. The first-order chi connectivity index (χ1) is 12.5. The van der Waals surface area contributed by atoms with Gasteiger partial charge in [0.2, 0.25) is 0 Å². The number of H-pyrrole nitrogens is 1. The largest absolute Gasteiger partial charge is 0.483 e. The van der Waals surface area contributed by atoms with Gasteiger partial charge >= 0.3 is 0 Å². The number of carbonyl (C=O) groups is 1. The number of aromatic amines is 1. The van der Waals surface area contributed by atoms with Gasteiger partial charge in [0, 0.05) is 31.1 Å². The normalized spacial score (nSPS) is 23.4. The molecule has 0 radical (unpaired) electrons. The number of aliphatic hydroxyl groups excluding tert-OH is 2. The molecule has 0 unspecified atom stereocenters. The van der Waals surface area contributed by atoms with E-state index in [0.29, 0.717) is 37.5 Å². The van der Waals surface area contributed by atoms with Crippen LogP contribution in [0.3, 0.4) is 0 Å². The van der Waals surface area contributed by atoms with Crippen molar-refractivity contribution in [1.29, 1.82) is 0 Å². The van der Waals surface area contributed by atoms with Crippen LogP contribution in [0, 0.1) is 5.41 Å². The molecule has 10 nitrogen and oxygen atoms in total. The number of nitrogens with one attached hydrogen (secondary N) is 1. The molecule has 4 N–H and O–H groups in total. The second-order valence-corrected chi connectivity index (χ2v) is 6.50. The highest BCUT2D eigenvalue weighted by Gasteiger charge is 2.41. The number of carboxylic acid groups (broad SMARTS) is 1. The summed E-state index contributed by atoms with van der Waals surface area (Å²) < 4.78 is 1.29. The van der Waals surface area contributed by atoms with Crippen molar-refractivity contribution in [2.75, 3.05) is 19.7 Å². The summed E-state index contributed by atoms with van der Waals surface area (Å²) >= 11 is 0. The topological polar surface area (TPSA) is 144 Å². The van der Waals surface area contributed by atoms with Crippen LogP contribution < -0.4 is 5.56 Å². The molecule has 3 rings (SSSR count). The Morgan fingerprint density at radius 1 is 1.50 bits per heavy atom. The fraction of sp³-hybridized carbons (Fsp3) is 0.625. The lowest BCUT2D eigenvalue weighted by Gasteiger charge is -2.45. The Morgan fingerprint density at radius 2 is 2.23 bits per heavy atom. The fourth-order valence-electron chi connectivity index (χ4n) is 3.53. The third-order valence-electron chi connectivity index (χ3n) is 4.73. The van der Waals surface area contributed by atoms with Gasteiger partial charge in [-0.15, -0.1) is 0 Å². The summed E-state index contributed by atoms with van der Waals surface area (Å²) in [5.41, 5.74) is -0.0262. The third-order valence-corrected chi connectivity index (χ3v) is 4.73. The van der Waals surface area contributed by atoms with Gasteiger partial charge in [0.1, 0.15) is 6.33 Å². The molecule has 2 aromatic rings. The molecule has 10 heteroatoms. The number of hydrogen-bond donors (Lipinski definition) is 4. The Kier molecular flexibility index (Phi) is 6.83. The monoisotopic (exact) mass is 367 g/mol. The van der Waals surface area contributed by atoms with E-state index in [2.05, 4.69) is 26.9 Å². The van der Waals surface area contributed by atoms with Crippen LogP contribution in [0.4, 0.5) is 0 Å². The summed E-state index contributed by atoms with van der Waals surface area (Å²) in [5.74, 6) is 0.353. The van der Waals surface area contributed by atoms with Crippen molar-refractivity contribution in [2.24, 2.45) is 5.41 Å². The highest BCUT2D eigenvalue weighted by molar-refractivity contribution is 5.32. The summed E-state index contributed by atoms with van der Waals surface area (Å²) in [6.07, 6.45) is 3.24. The van der Waals surface area contributed by atoms with E-state index in [9.17, 15) is 15.0 Å². The number of likely N-dealkylation sites (tertiary alicyclic amines) is 1. The van der Waals surface area contributed by atoms with E-state index in [-0.39, 0.29) is 18.6 Å². The maximum absolute atomic E-state index is 12.0. The van der Waals surface area contributed by atoms with Crippen LogP contribution in [0.2, 0.25) is 0 Å². The first kappa shape index (κ1) is 20.0. The van der Waals surface area contributed by atoms with Gasteiger partial charge in [0.15, 0.2) is 0 Å². The lowest BCUT2D eigenvalue weighted by molar-refractivity contribution is -0.122. The van der Waals surface area contributed by atoms with Crippen molar-refractivity contribution in [2.45, 2.75) is 38.8 Å². The molecule has 0 aromatic carbocycles. The van der Waals surface area contributed by atoms with Crippen LogP contribution in [0.1, 0.15) is 31.9 Å². The average Bonchev–Trinajstić information content (AvgIpc) is 3.08. The van der Waals surface area contributed by atoms with Crippen molar-refractivity contribution in [3.63, 3.8) is 0 Å². The zero-order valence-electron chi connectivity index (χ0n) is 14.7. The summed E-state index contributed by atoms with van der Waals surface area (Å²) in [7, 11) is 0. The van der Waals surface area contributed by atoms with Gasteiger partial charge in [-0.3, -0.25) is 19.6 Å². The lowest BCUT2D eigenvalue weighted by Crippen LogP contribution is -2.53. The molecular weight excluding hydrogens is 342 g/mol. The van der Waals surface area contributed by atoms with E-state index in [4.69, 9.17) is 9.90 Å². The molecule has 1 saturated heterocycles. The minimum absolute atomic E-state index is 0.0347. The number of nitrogens with zero attached hydrogens (tertiary/aromatic N) is 4. The quantitative estimate of drug-likeness (QED) is 0.516. The smallest absolute Gasteiger partial charge is 0.290 e. The molecule has 0 bridgehead atoms. The minimum atomic E-state index is -0.490. The van der Waals surface area contributed by atoms with E-state index in [1.807, 2.05) is 0 Å². The number of aliphatic hydroxyl groups is 2. The molecule has 0 amide bonds. The zero-order valence-corrected chi connectivity index (χ0v) is 14.7. The Hall–Kier alpha value is -2.30. The van der Waals surface area contributed by atoms with Crippen LogP contribution >= 0.6 is 0 Å². The minimum Gasteiger partial charge on any atom is -0.483 e. The molecule has 144 valence electrons. The molecule has 2 atom stereocenters. The van der Waals surface area contributed by atoms with Gasteiger partial charge < -0.3 is 15.3 Å². The first-order valence-corrected chi connectivity index (χ1v) is 8.51. The van der Waals surface area contributed by atoms with Crippen molar-refractivity contribution in [3.05, 3.63) is 28.4 Å². The van der Waals surface area contributed by atoms with Gasteiger partial charge in [-0.2, -0.15) is 4.52 Å². The molecule has 0 saturated carbocycles. The highest BCUT2D eigenvalue weighted by atomic mass is 16.3. The standard InChI is InChI=1S/C15H23N5O3.CH2O2/c1-2-4-15(9-21)8-19(5-3-12(15)22)7-11-6-13(23)20-14(18-11)16-10-17-20;2-1-3/h6,10,12,21-22H,2-5,7-9H2,1H3,(H,16,17,18);1H,(H,2,3)/t12-,15-;/m0./s1. The maximum atomic E-state index is 12.0. The maximum Gasteiger partial charge on any atom is 0.290 e. The zero-order chi connectivity index (χ0) is 19.2. The van der Waals surface area contributed by atoms with Crippen LogP contribution in [0.25, 0.3) is 5.78 Å². The molecule has 1 aliphatic rings. The number of fused-ring (bicyclic) bond motifs is 1. The molecule has 2 aromatic heterocycles. The predicted molar refractivity (Wildman–Crippen MR) is 92.6 cm³/mol. The Balaban J connectivity index is 0.000000758. The van der Waals surface area contributed by atoms with E-state index < -0.39 is 11.5 Å². The summed E-state index contributed by atoms with van der Waals surface area (Å²) in [6, 6.07) is 1.50. The van der Waals surface area contributed by atoms with Gasteiger partial charge in [0.25, 0.3) is 17.8 Å². The molecule has 3 heterocycles. The Bertz CT molecular complexity index is 776. The van der Waals surface area contributed by atoms with Crippen LogP contribution in [0.15, 0.2) is 17.2 Å². The fourth-order valence-corrected chi connectivity index (χ4v) is 3.53. The number of hydrogen-bond acceptors (Lipinski definition) is 7. The van der Waals surface area contributed by atoms with E-state index in [1.54, 1.807) is 0 Å². The second-order valence-electron chi connectivity index (χ2n) is 6.50. The van der Waals surface area contributed by atoms with Crippen LogP contribution in [-0.4, -0.2) is 72.1 Å². The average molecular weight is 367 g/mol. The lowest BCUT2D eigenvalue weighted by atomic mass is 9.74. The highest BCUT2D eigenvalue weighted by Crippen LogP contribution is 2.35. The third kappa shape index (κ3) is 4.26. The summed E-state index contributed by atoms with van der Waals surface area (Å²) in [6.45, 7) is 3.59. The van der Waals surface area contributed by atoms with Crippen molar-refractivity contribution >= 4 is 12.2 Å². The molecule has 0 spiro atoms. The van der Waals surface area contributed by atoms with Crippen molar-refractivity contribution < 1.29 is 20.1 Å². The second kappa shape index (κ2) is 8.88. The van der Waals surface area contributed by atoms with E-state index >= 15 is 0 Å². The Morgan fingerprint density at radius 3 is 2.88 bits per heavy atom. The van der Waals surface area contributed by atoms with Crippen LogP contribution in [0.5, 0.6) is 0 Å². The predicted octanol–water partition coefficient (Wildman–Crippen LogP) is -0.536. The molecule has 0 aliphatic carbocycles. The van der Waals surface area contributed by atoms with Crippen LogP contribution in [-0.2, 0) is 11.3 Å². The summed E-state index contributed by atoms with van der Waals surface area (Å²) in [4.78, 5) is 30.9. The SMILES string of the molecule is CCC[C@@]1(CO)CN(Cc2cc(=O)n3[nH]cnc3n2)CC[C@@H]1O.O=CO. The number of rotatable bonds is 5. The number of piperidine rings is 1. The first-order valence-electron chi connectivity index (χ1n) is 8.51.